The molecule has 19 heavy (non-hydrogen) atoms. The second-order valence-corrected chi connectivity index (χ2v) is 3.63. The fourth-order valence-electron chi connectivity index (χ4n) is 1.51. The van der Waals surface area contributed by atoms with E-state index in [1.807, 2.05) is 30.3 Å². The second-order valence-electron chi connectivity index (χ2n) is 3.63. The van der Waals surface area contributed by atoms with Crippen LogP contribution in [0.2, 0.25) is 0 Å². The summed E-state index contributed by atoms with van der Waals surface area (Å²) in [5.74, 6) is 1.35. The first kappa shape index (κ1) is 12.6. The van der Waals surface area contributed by atoms with Crippen LogP contribution in [-0.4, -0.2) is 18.3 Å². The molecule has 96 valence electrons. The van der Waals surface area contributed by atoms with Gasteiger partial charge in [0, 0.05) is 12.5 Å². The van der Waals surface area contributed by atoms with Crippen LogP contribution in [0.4, 0.5) is 5.88 Å². The number of hydrogen-bond donors (Lipinski definition) is 1. The van der Waals surface area contributed by atoms with Gasteiger partial charge in [-0.3, -0.25) is 0 Å². The molecule has 1 aromatic heterocycles. The van der Waals surface area contributed by atoms with Crippen molar-refractivity contribution in [3.05, 3.63) is 41.4 Å². The van der Waals surface area contributed by atoms with Gasteiger partial charge in [0.1, 0.15) is 11.8 Å². The lowest BCUT2D eigenvalue weighted by atomic mass is 10.2. The zero-order chi connectivity index (χ0) is 13.7. The van der Waals surface area contributed by atoms with Crippen molar-refractivity contribution in [2.75, 3.05) is 12.5 Å². The maximum Gasteiger partial charge on any atom is 0.252 e. The van der Waals surface area contributed by atoms with Crippen molar-refractivity contribution in [3.8, 4) is 11.8 Å². The summed E-state index contributed by atoms with van der Waals surface area (Å²) < 4.78 is 10.4. The molecule has 0 saturated carbocycles. The van der Waals surface area contributed by atoms with E-state index in [1.165, 1.54) is 0 Å². The smallest absolute Gasteiger partial charge is 0.252 e. The number of hydrogen-bond acceptors (Lipinski definition) is 6. The van der Waals surface area contributed by atoms with Crippen molar-refractivity contribution in [2.24, 2.45) is 5.10 Å². The van der Waals surface area contributed by atoms with E-state index in [0.29, 0.717) is 11.6 Å². The summed E-state index contributed by atoms with van der Waals surface area (Å²) in [4.78, 5) is 3.90. The van der Waals surface area contributed by atoms with Crippen molar-refractivity contribution in [1.29, 1.82) is 5.26 Å². The predicted octanol–water partition coefficient (Wildman–Crippen LogP) is 2.31. The lowest BCUT2D eigenvalue weighted by Crippen LogP contribution is -1.94. The molecule has 2 aromatic rings. The van der Waals surface area contributed by atoms with Crippen molar-refractivity contribution < 1.29 is 9.15 Å². The number of aromatic nitrogens is 1. The molecule has 0 aliphatic carbocycles. The predicted molar refractivity (Wildman–Crippen MR) is 70.2 cm³/mol. The quantitative estimate of drug-likeness (QED) is 0.670. The van der Waals surface area contributed by atoms with Crippen LogP contribution in [-0.2, 0) is 0 Å². The van der Waals surface area contributed by atoms with Gasteiger partial charge >= 0.3 is 0 Å². The van der Waals surface area contributed by atoms with Crippen LogP contribution in [0.25, 0.3) is 0 Å². The number of nitrogens with one attached hydrogen (secondary N) is 1. The maximum absolute atomic E-state index is 8.85. The molecule has 0 saturated heterocycles. The van der Waals surface area contributed by atoms with E-state index >= 15 is 0 Å². The van der Waals surface area contributed by atoms with E-state index in [9.17, 15) is 0 Å². The molecule has 1 heterocycles. The second kappa shape index (κ2) is 5.69. The molecule has 0 spiro atoms. The molecule has 0 amide bonds. The Bertz CT molecular complexity index is 640. The van der Waals surface area contributed by atoms with Gasteiger partial charge in [-0.2, -0.15) is 10.4 Å². The number of para-hydroxylation sites is 1. The zero-order valence-electron chi connectivity index (χ0n) is 10.5. The number of ether oxygens (including phenoxy) is 1. The Kier molecular flexibility index (Phi) is 3.78. The molecule has 1 aromatic carbocycles. The number of rotatable bonds is 4. The summed E-state index contributed by atoms with van der Waals surface area (Å²) in [5, 5.41) is 12.8. The SMILES string of the molecule is COc1ccccc1/C=N/Nc1oc(C)nc1C#N. The van der Waals surface area contributed by atoms with E-state index in [0.717, 1.165) is 5.56 Å². The van der Waals surface area contributed by atoms with E-state index in [4.69, 9.17) is 14.4 Å². The first-order valence-corrected chi connectivity index (χ1v) is 5.54. The normalized spacial score (nSPS) is 10.4. The minimum atomic E-state index is 0.176. The summed E-state index contributed by atoms with van der Waals surface area (Å²) in [5.41, 5.74) is 3.63. The molecule has 1 N–H and O–H groups in total. The average molecular weight is 256 g/mol. The van der Waals surface area contributed by atoms with Gasteiger partial charge in [-0.05, 0) is 12.1 Å². The number of aryl methyl sites for hydroxylation is 1. The molecule has 6 heteroatoms. The molecular weight excluding hydrogens is 244 g/mol. The van der Waals surface area contributed by atoms with Gasteiger partial charge in [-0.15, -0.1) is 0 Å². The van der Waals surface area contributed by atoms with Crippen molar-refractivity contribution >= 4 is 12.1 Å². The van der Waals surface area contributed by atoms with Gasteiger partial charge in [0.05, 0.1) is 13.3 Å². The van der Waals surface area contributed by atoms with Crippen molar-refractivity contribution in [2.45, 2.75) is 6.92 Å². The Morgan fingerprint density at radius 2 is 2.26 bits per heavy atom. The summed E-state index contributed by atoms with van der Waals surface area (Å²) >= 11 is 0. The Hall–Kier alpha value is -2.81. The molecule has 0 fully saturated rings. The molecule has 0 aliphatic rings. The van der Waals surface area contributed by atoms with Crippen LogP contribution < -0.4 is 10.2 Å². The van der Waals surface area contributed by atoms with Crippen LogP contribution >= 0.6 is 0 Å². The molecule has 2 rings (SSSR count). The molecule has 0 atom stereocenters. The zero-order valence-corrected chi connectivity index (χ0v) is 10.5. The highest BCUT2D eigenvalue weighted by Crippen LogP contribution is 2.17. The van der Waals surface area contributed by atoms with Gasteiger partial charge < -0.3 is 9.15 Å². The number of oxazole rings is 1. The number of anilines is 1. The third-order valence-electron chi connectivity index (χ3n) is 2.35. The van der Waals surface area contributed by atoms with Crippen molar-refractivity contribution in [3.63, 3.8) is 0 Å². The minimum Gasteiger partial charge on any atom is -0.496 e. The third kappa shape index (κ3) is 2.90. The molecule has 0 aliphatic heterocycles. The number of hydrazone groups is 1. The van der Waals surface area contributed by atoms with E-state index in [2.05, 4.69) is 15.5 Å². The Labute approximate surface area is 110 Å². The fourth-order valence-corrected chi connectivity index (χ4v) is 1.51. The Morgan fingerprint density at radius 3 is 3.00 bits per heavy atom. The van der Waals surface area contributed by atoms with Gasteiger partial charge in [0.2, 0.25) is 5.69 Å². The Morgan fingerprint density at radius 1 is 1.47 bits per heavy atom. The number of nitriles is 1. The first-order chi connectivity index (χ1) is 9.24. The van der Waals surface area contributed by atoms with Crippen LogP contribution in [0.15, 0.2) is 33.8 Å². The van der Waals surface area contributed by atoms with E-state index < -0.39 is 0 Å². The van der Waals surface area contributed by atoms with Gasteiger partial charge in [0.25, 0.3) is 5.88 Å². The van der Waals surface area contributed by atoms with E-state index in [-0.39, 0.29) is 11.6 Å². The lowest BCUT2D eigenvalue weighted by molar-refractivity contribution is 0.414. The summed E-state index contributed by atoms with van der Waals surface area (Å²) in [6, 6.07) is 9.37. The lowest BCUT2D eigenvalue weighted by Gasteiger charge is -2.02. The number of benzene rings is 1. The third-order valence-corrected chi connectivity index (χ3v) is 2.35. The standard InChI is InChI=1S/C13H12N4O2/c1-9-16-11(7-14)13(19-9)17-15-8-10-5-3-4-6-12(10)18-2/h3-6,8,17H,1-2H3/b15-8+. The van der Waals surface area contributed by atoms with Gasteiger partial charge in [0.15, 0.2) is 5.89 Å². The first-order valence-electron chi connectivity index (χ1n) is 5.54. The van der Waals surface area contributed by atoms with Crippen LogP contribution in [0, 0.1) is 18.3 Å². The van der Waals surface area contributed by atoms with Gasteiger partial charge in [-0.1, -0.05) is 12.1 Å². The van der Waals surface area contributed by atoms with Crippen LogP contribution in [0.3, 0.4) is 0 Å². The fraction of sp³-hybridized carbons (Fsp3) is 0.154. The molecule has 6 nitrogen and oxygen atoms in total. The highest BCUT2D eigenvalue weighted by molar-refractivity contribution is 5.83. The summed E-state index contributed by atoms with van der Waals surface area (Å²) in [7, 11) is 1.59. The summed E-state index contributed by atoms with van der Waals surface area (Å²) in [6.07, 6.45) is 1.58. The van der Waals surface area contributed by atoms with Crippen LogP contribution in [0.5, 0.6) is 5.75 Å². The van der Waals surface area contributed by atoms with Crippen LogP contribution in [0.1, 0.15) is 17.1 Å². The topological polar surface area (TPSA) is 83.4 Å². The highest BCUT2D eigenvalue weighted by Gasteiger charge is 2.08. The number of methoxy groups -OCH3 is 1. The average Bonchev–Trinajstić information content (AvgIpc) is 2.79. The number of nitrogens with zero attached hydrogens (tertiary/aromatic N) is 3. The minimum absolute atomic E-state index is 0.176. The highest BCUT2D eigenvalue weighted by atomic mass is 16.5. The molecular formula is C13H12N4O2. The maximum atomic E-state index is 8.85. The van der Waals surface area contributed by atoms with Gasteiger partial charge in [-0.25, -0.2) is 10.4 Å². The molecule has 0 bridgehead atoms. The molecule has 0 radical (unpaired) electrons. The van der Waals surface area contributed by atoms with E-state index in [1.54, 1.807) is 20.2 Å². The molecule has 0 unspecified atom stereocenters. The van der Waals surface area contributed by atoms with Crippen molar-refractivity contribution in [1.82, 2.24) is 4.98 Å². The Balaban J connectivity index is 2.14. The largest absolute Gasteiger partial charge is 0.496 e. The monoisotopic (exact) mass is 256 g/mol. The summed E-state index contributed by atoms with van der Waals surface area (Å²) in [6.45, 7) is 1.66.